The SMILES string of the molecule is CC(Nc1ccc(C#N)cc1F)c1cccc(C(F)(F)F)c1. The van der Waals surface area contributed by atoms with Crippen molar-refractivity contribution in [3.63, 3.8) is 0 Å². The maximum absolute atomic E-state index is 13.8. The van der Waals surface area contributed by atoms with Crippen LogP contribution in [0.1, 0.15) is 29.7 Å². The van der Waals surface area contributed by atoms with Crippen molar-refractivity contribution in [2.45, 2.75) is 19.1 Å². The van der Waals surface area contributed by atoms with E-state index < -0.39 is 23.6 Å². The van der Waals surface area contributed by atoms with Crippen molar-refractivity contribution in [3.8, 4) is 6.07 Å². The molecule has 1 unspecified atom stereocenters. The molecule has 22 heavy (non-hydrogen) atoms. The number of alkyl halides is 3. The lowest BCUT2D eigenvalue weighted by atomic mass is 10.0. The Morgan fingerprint density at radius 1 is 1.14 bits per heavy atom. The minimum atomic E-state index is -4.42. The molecule has 0 aliphatic carbocycles. The summed E-state index contributed by atoms with van der Waals surface area (Å²) in [6.07, 6.45) is -4.42. The fraction of sp³-hybridized carbons (Fsp3) is 0.188. The average Bonchev–Trinajstić information content (AvgIpc) is 2.48. The van der Waals surface area contributed by atoms with Crippen LogP contribution in [0.2, 0.25) is 0 Å². The summed E-state index contributed by atoms with van der Waals surface area (Å²) in [6.45, 7) is 1.63. The van der Waals surface area contributed by atoms with Crippen LogP contribution in [0.4, 0.5) is 23.2 Å². The largest absolute Gasteiger partial charge is 0.416 e. The van der Waals surface area contributed by atoms with E-state index in [-0.39, 0.29) is 11.3 Å². The Kier molecular flexibility index (Phi) is 4.36. The first-order valence-electron chi connectivity index (χ1n) is 6.44. The molecule has 2 aromatic rings. The molecule has 0 amide bonds. The summed E-state index contributed by atoms with van der Waals surface area (Å²) in [5.41, 5.74) is -0.0591. The highest BCUT2D eigenvalue weighted by molar-refractivity contribution is 5.50. The van der Waals surface area contributed by atoms with Crippen LogP contribution in [0.3, 0.4) is 0 Å². The van der Waals surface area contributed by atoms with Crippen molar-refractivity contribution in [2.75, 3.05) is 5.32 Å². The van der Waals surface area contributed by atoms with Crippen LogP contribution in [0.25, 0.3) is 0 Å². The lowest BCUT2D eigenvalue weighted by Crippen LogP contribution is -2.11. The van der Waals surface area contributed by atoms with Crippen molar-refractivity contribution in [1.29, 1.82) is 5.26 Å². The van der Waals surface area contributed by atoms with E-state index in [4.69, 9.17) is 5.26 Å². The predicted molar refractivity (Wildman–Crippen MR) is 74.6 cm³/mol. The fourth-order valence-corrected chi connectivity index (χ4v) is 2.00. The molecule has 0 aromatic heterocycles. The van der Waals surface area contributed by atoms with Crippen LogP contribution in [0.5, 0.6) is 0 Å². The predicted octanol–water partition coefficient (Wildman–Crippen LogP) is 4.89. The first kappa shape index (κ1) is 15.8. The maximum Gasteiger partial charge on any atom is 0.416 e. The highest BCUT2D eigenvalue weighted by Crippen LogP contribution is 2.31. The van der Waals surface area contributed by atoms with Gasteiger partial charge in [0, 0.05) is 6.04 Å². The summed E-state index contributed by atoms with van der Waals surface area (Å²) in [4.78, 5) is 0. The molecule has 1 atom stereocenters. The smallest absolute Gasteiger partial charge is 0.376 e. The summed E-state index contributed by atoms with van der Waals surface area (Å²) in [5, 5.41) is 11.5. The summed E-state index contributed by atoms with van der Waals surface area (Å²) in [7, 11) is 0. The third-order valence-corrected chi connectivity index (χ3v) is 3.18. The number of hydrogen-bond donors (Lipinski definition) is 1. The Labute approximate surface area is 125 Å². The molecule has 0 aliphatic rings. The quantitative estimate of drug-likeness (QED) is 0.820. The number of halogens is 4. The molecular weight excluding hydrogens is 296 g/mol. The molecule has 0 aliphatic heterocycles. The molecule has 0 radical (unpaired) electrons. The van der Waals surface area contributed by atoms with Crippen molar-refractivity contribution >= 4 is 5.69 Å². The maximum atomic E-state index is 13.8. The lowest BCUT2D eigenvalue weighted by molar-refractivity contribution is -0.137. The van der Waals surface area contributed by atoms with Crippen LogP contribution in [0.15, 0.2) is 42.5 Å². The van der Waals surface area contributed by atoms with Crippen LogP contribution in [0, 0.1) is 17.1 Å². The highest BCUT2D eigenvalue weighted by atomic mass is 19.4. The van der Waals surface area contributed by atoms with Gasteiger partial charge in [0.1, 0.15) is 5.82 Å². The first-order chi connectivity index (χ1) is 10.3. The third-order valence-electron chi connectivity index (χ3n) is 3.18. The van der Waals surface area contributed by atoms with E-state index in [0.717, 1.165) is 18.2 Å². The van der Waals surface area contributed by atoms with Gasteiger partial charge < -0.3 is 5.32 Å². The van der Waals surface area contributed by atoms with Gasteiger partial charge in [0.05, 0.1) is 22.9 Å². The molecule has 0 bridgehead atoms. The Hall–Kier alpha value is -2.55. The molecule has 2 rings (SSSR count). The molecule has 114 valence electrons. The number of nitriles is 1. The molecule has 1 N–H and O–H groups in total. The summed E-state index contributed by atoms with van der Waals surface area (Å²) in [6, 6.07) is 10.0. The van der Waals surface area contributed by atoms with Gasteiger partial charge in [-0.25, -0.2) is 4.39 Å². The second kappa shape index (κ2) is 6.06. The Balaban J connectivity index is 2.23. The zero-order valence-electron chi connectivity index (χ0n) is 11.6. The Bertz CT molecular complexity index is 717. The van der Waals surface area contributed by atoms with E-state index in [1.165, 1.54) is 24.3 Å². The summed E-state index contributed by atoms with van der Waals surface area (Å²) in [5.74, 6) is -0.627. The van der Waals surface area contributed by atoms with Gasteiger partial charge in [0.15, 0.2) is 0 Å². The van der Waals surface area contributed by atoms with Crippen LogP contribution >= 0.6 is 0 Å². The third kappa shape index (κ3) is 3.55. The summed E-state index contributed by atoms with van der Waals surface area (Å²) >= 11 is 0. The van der Waals surface area contributed by atoms with Gasteiger partial charge in [-0.2, -0.15) is 18.4 Å². The molecule has 0 saturated carbocycles. The van der Waals surface area contributed by atoms with Crippen LogP contribution in [-0.2, 0) is 6.18 Å². The standard InChI is InChI=1S/C16H12F4N2/c1-10(12-3-2-4-13(8-12)16(18,19)20)22-15-6-5-11(9-21)7-14(15)17/h2-8,10,22H,1H3. The van der Waals surface area contributed by atoms with Crippen molar-refractivity contribution in [3.05, 3.63) is 65.0 Å². The first-order valence-corrected chi connectivity index (χ1v) is 6.44. The van der Waals surface area contributed by atoms with Crippen LogP contribution in [-0.4, -0.2) is 0 Å². The molecule has 0 spiro atoms. The van der Waals surface area contributed by atoms with Gasteiger partial charge in [-0.05, 0) is 42.8 Å². The molecule has 2 aromatic carbocycles. The number of hydrogen-bond acceptors (Lipinski definition) is 2. The minimum Gasteiger partial charge on any atom is -0.376 e. The number of benzene rings is 2. The number of anilines is 1. The molecule has 0 fully saturated rings. The van der Waals surface area contributed by atoms with E-state index in [9.17, 15) is 17.6 Å². The summed E-state index contributed by atoms with van der Waals surface area (Å²) < 4.78 is 51.9. The second-order valence-corrected chi connectivity index (χ2v) is 4.80. The van der Waals surface area contributed by atoms with Crippen molar-refractivity contribution < 1.29 is 17.6 Å². The topological polar surface area (TPSA) is 35.8 Å². The lowest BCUT2D eigenvalue weighted by Gasteiger charge is -2.18. The van der Waals surface area contributed by atoms with E-state index >= 15 is 0 Å². The molecular formula is C16H12F4N2. The fourth-order valence-electron chi connectivity index (χ4n) is 2.00. The number of rotatable bonds is 3. The Morgan fingerprint density at radius 2 is 1.86 bits per heavy atom. The van der Waals surface area contributed by atoms with Gasteiger partial charge in [-0.1, -0.05) is 12.1 Å². The van der Waals surface area contributed by atoms with Gasteiger partial charge >= 0.3 is 6.18 Å². The van der Waals surface area contributed by atoms with Gasteiger partial charge in [0.25, 0.3) is 0 Å². The van der Waals surface area contributed by atoms with E-state index in [1.807, 2.05) is 6.07 Å². The van der Waals surface area contributed by atoms with E-state index in [2.05, 4.69) is 5.32 Å². The van der Waals surface area contributed by atoms with Gasteiger partial charge in [-0.15, -0.1) is 0 Å². The minimum absolute atomic E-state index is 0.129. The Morgan fingerprint density at radius 3 is 2.45 bits per heavy atom. The molecule has 0 saturated heterocycles. The highest BCUT2D eigenvalue weighted by Gasteiger charge is 2.30. The average molecular weight is 308 g/mol. The molecule has 2 nitrogen and oxygen atoms in total. The van der Waals surface area contributed by atoms with Gasteiger partial charge in [0.2, 0.25) is 0 Å². The van der Waals surface area contributed by atoms with Crippen LogP contribution < -0.4 is 5.32 Å². The number of nitrogens with one attached hydrogen (secondary N) is 1. The number of nitrogens with zero attached hydrogens (tertiary/aromatic N) is 1. The van der Waals surface area contributed by atoms with Crippen molar-refractivity contribution in [2.24, 2.45) is 0 Å². The molecule has 0 heterocycles. The zero-order valence-corrected chi connectivity index (χ0v) is 11.6. The molecule has 6 heteroatoms. The zero-order chi connectivity index (χ0) is 16.3. The second-order valence-electron chi connectivity index (χ2n) is 4.80. The van der Waals surface area contributed by atoms with Crippen molar-refractivity contribution in [1.82, 2.24) is 0 Å². The van der Waals surface area contributed by atoms with Gasteiger partial charge in [-0.3, -0.25) is 0 Å². The normalized spacial score (nSPS) is 12.5. The van der Waals surface area contributed by atoms with E-state index in [0.29, 0.717) is 5.56 Å². The van der Waals surface area contributed by atoms with E-state index in [1.54, 1.807) is 6.92 Å². The monoisotopic (exact) mass is 308 g/mol.